The lowest BCUT2D eigenvalue weighted by Gasteiger charge is -2.20. The molecular weight excluding hydrogens is 594 g/mol. The van der Waals surface area contributed by atoms with Gasteiger partial charge < -0.3 is 20.3 Å². The lowest BCUT2D eigenvalue weighted by atomic mass is 10.0. The van der Waals surface area contributed by atoms with Crippen LogP contribution in [0.3, 0.4) is 0 Å². The van der Waals surface area contributed by atoms with Gasteiger partial charge in [-0.3, -0.25) is 14.5 Å². The first-order valence-electron chi connectivity index (χ1n) is 14.9. The number of carbonyl (C=O) groups is 3. The van der Waals surface area contributed by atoms with Crippen LogP contribution in [0.25, 0.3) is 10.8 Å². The Labute approximate surface area is 266 Å². The van der Waals surface area contributed by atoms with Crippen LogP contribution in [0.15, 0.2) is 60.0 Å². The standard InChI is InChI=1S/C33H39N5O6S/c1-4-5-6-7-8-9-17-43-29(39)20-45-32-35-21-38(36-32)19-23-13-16-28(22(2)18-23)44-33(42)37(3)27-12-10-11-25-24(27)14-15-26(30(25)40)31(34)41/h10-16,18,21,40H,4-9,17,19-20H2,1-3H3,(H2,34,41). The number of aryl methyl sites for hydroxylation is 1. The number of phenols is 1. The number of esters is 1. The number of nitrogens with two attached hydrogens (primary N) is 1. The van der Waals surface area contributed by atoms with Gasteiger partial charge in [0.1, 0.15) is 17.8 Å². The number of nitrogens with zero attached hydrogens (tertiary/aromatic N) is 4. The summed E-state index contributed by atoms with van der Waals surface area (Å²) in [5.74, 6) is -0.710. The van der Waals surface area contributed by atoms with E-state index in [1.807, 2.05) is 19.1 Å². The number of primary amides is 1. The third kappa shape index (κ3) is 8.98. The number of rotatable bonds is 15. The Kier molecular flexibility index (Phi) is 11.8. The molecule has 0 radical (unpaired) electrons. The molecule has 11 nitrogen and oxygen atoms in total. The SMILES string of the molecule is CCCCCCCCOC(=O)CSc1ncn(Cc2ccc(OC(=O)N(C)c3cccc4c(O)c(C(N)=O)ccc34)c(C)c2)n1. The predicted octanol–water partition coefficient (Wildman–Crippen LogP) is 6.22. The third-order valence-corrected chi connectivity index (χ3v) is 8.11. The third-order valence-electron chi connectivity index (χ3n) is 7.29. The maximum atomic E-state index is 13.1. The molecule has 4 rings (SSSR count). The Morgan fingerprint density at radius 1 is 1.02 bits per heavy atom. The molecule has 4 aromatic rings. The van der Waals surface area contributed by atoms with E-state index in [0.717, 1.165) is 24.0 Å². The van der Waals surface area contributed by atoms with Gasteiger partial charge in [-0.15, -0.1) is 5.10 Å². The summed E-state index contributed by atoms with van der Waals surface area (Å²) >= 11 is 1.24. The van der Waals surface area contributed by atoms with E-state index in [1.165, 1.54) is 48.4 Å². The fourth-order valence-corrected chi connectivity index (χ4v) is 5.46. The molecule has 238 valence electrons. The molecule has 1 aromatic heterocycles. The van der Waals surface area contributed by atoms with E-state index in [4.69, 9.17) is 15.2 Å². The second kappa shape index (κ2) is 15.9. The summed E-state index contributed by atoms with van der Waals surface area (Å²) in [5.41, 5.74) is 7.52. The first-order valence-corrected chi connectivity index (χ1v) is 15.9. The van der Waals surface area contributed by atoms with Crippen molar-refractivity contribution in [3.05, 3.63) is 71.5 Å². The Hall–Kier alpha value is -4.58. The summed E-state index contributed by atoms with van der Waals surface area (Å²) in [6.45, 7) is 4.92. The van der Waals surface area contributed by atoms with Crippen molar-refractivity contribution in [2.45, 2.75) is 64.1 Å². The van der Waals surface area contributed by atoms with E-state index in [0.29, 0.717) is 40.5 Å². The van der Waals surface area contributed by atoms with Crippen molar-refractivity contribution in [1.29, 1.82) is 0 Å². The Morgan fingerprint density at radius 2 is 1.80 bits per heavy atom. The molecular formula is C33H39N5O6S. The van der Waals surface area contributed by atoms with E-state index < -0.39 is 12.0 Å². The molecule has 45 heavy (non-hydrogen) atoms. The van der Waals surface area contributed by atoms with E-state index in [-0.39, 0.29) is 23.0 Å². The van der Waals surface area contributed by atoms with Gasteiger partial charge in [-0.25, -0.2) is 14.5 Å². The van der Waals surface area contributed by atoms with Gasteiger partial charge in [0.25, 0.3) is 5.91 Å². The van der Waals surface area contributed by atoms with Crippen molar-refractivity contribution in [1.82, 2.24) is 14.8 Å². The summed E-state index contributed by atoms with van der Waals surface area (Å²) in [6, 6.07) is 13.5. The largest absolute Gasteiger partial charge is 0.506 e. The summed E-state index contributed by atoms with van der Waals surface area (Å²) in [5, 5.41) is 16.4. The first-order chi connectivity index (χ1) is 21.7. The molecule has 3 aromatic carbocycles. The van der Waals surface area contributed by atoms with Crippen molar-refractivity contribution >= 4 is 46.2 Å². The first kappa shape index (κ1) is 33.3. The number of unbranched alkanes of at least 4 members (excludes halogenated alkanes) is 5. The van der Waals surface area contributed by atoms with Gasteiger partial charge in [-0.1, -0.05) is 81.1 Å². The zero-order valence-electron chi connectivity index (χ0n) is 25.8. The summed E-state index contributed by atoms with van der Waals surface area (Å²) in [7, 11) is 1.56. The Morgan fingerprint density at radius 3 is 2.56 bits per heavy atom. The predicted molar refractivity (Wildman–Crippen MR) is 174 cm³/mol. The number of amides is 2. The molecule has 0 unspecified atom stereocenters. The quantitative estimate of drug-likeness (QED) is 0.0883. The minimum Gasteiger partial charge on any atom is -0.506 e. The van der Waals surface area contributed by atoms with Gasteiger partial charge in [0.05, 0.1) is 30.2 Å². The molecule has 0 saturated carbocycles. The van der Waals surface area contributed by atoms with Crippen LogP contribution >= 0.6 is 11.8 Å². The second-order valence-electron chi connectivity index (χ2n) is 10.7. The maximum Gasteiger partial charge on any atom is 0.419 e. The van der Waals surface area contributed by atoms with E-state index in [1.54, 1.807) is 48.4 Å². The highest BCUT2D eigenvalue weighted by atomic mass is 32.2. The second-order valence-corrected chi connectivity index (χ2v) is 11.7. The molecule has 0 saturated heterocycles. The number of aromatic nitrogens is 3. The number of ether oxygens (including phenoxy) is 2. The lowest BCUT2D eigenvalue weighted by Crippen LogP contribution is -2.29. The van der Waals surface area contributed by atoms with Crippen molar-refractivity contribution < 1.29 is 29.0 Å². The minimum atomic E-state index is -0.745. The van der Waals surface area contributed by atoms with E-state index in [9.17, 15) is 19.5 Å². The van der Waals surface area contributed by atoms with Crippen LogP contribution in [0, 0.1) is 6.92 Å². The fraction of sp³-hybridized carbons (Fsp3) is 0.364. The normalized spacial score (nSPS) is 11.0. The van der Waals surface area contributed by atoms with Crippen LogP contribution in [-0.4, -0.2) is 57.2 Å². The average Bonchev–Trinajstić information content (AvgIpc) is 3.47. The molecule has 0 aliphatic heterocycles. The van der Waals surface area contributed by atoms with Crippen LogP contribution in [0.1, 0.15) is 66.9 Å². The van der Waals surface area contributed by atoms with Gasteiger partial charge in [0.15, 0.2) is 0 Å². The smallest absolute Gasteiger partial charge is 0.419 e. The number of thioether (sulfide) groups is 1. The summed E-state index contributed by atoms with van der Waals surface area (Å²) in [4.78, 5) is 42.4. The average molecular weight is 634 g/mol. The Balaban J connectivity index is 1.29. The lowest BCUT2D eigenvalue weighted by molar-refractivity contribution is -0.140. The zero-order valence-corrected chi connectivity index (χ0v) is 26.6. The monoisotopic (exact) mass is 633 g/mol. The van der Waals surface area contributed by atoms with Crippen molar-refractivity contribution in [2.75, 3.05) is 24.3 Å². The molecule has 0 aliphatic carbocycles. The molecule has 1 heterocycles. The number of fused-ring (bicyclic) bond motifs is 1. The minimum absolute atomic E-state index is 0.000232. The maximum absolute atomic E-state index is 13.1. The highest BCUT2D eigenvalue weighted by molar-refractivity contribution is 7.99. The number of hydrogen-bond acceptors (Lipinski definition) is 9. The van der Waals surface area contributed by atoms with E-state index >= 15 is 0 Å². The highest BCUT2D eigenvalue weighted by Crippen LogP contribution is 2.34. The molecule has 0 atom stereocenters. The number of carbonyl (C=O) groups excluding carboxylic acids is 3. The number of anilines is 1. The molecule has 0 aliphatic rings. The molecule has 12 heteroatoms. The number of benzene rings is 3. The summed E-state index contributed by atoms with van der Waals surface area (Å²) < 4.78 is 12.7. The molecule has 3 N–H and O–H groups in total. The number of hydrogen-bond donors (Lipinski definition) is 2. The van der Waals surface area contributed by atoms with Crippen LogP contribution in [0.5, 0.6) is 11.5 Å². The Bertz CT molecular complexity index is 1660. The molecule has 0 spiro atoms. The van der Waals surface area contributed by atoms with Crippen molar-refractivity contribution in [3.8, 4) is 11.5 Å². The number of aromatic hydroxyl groups is 1. The van der Waals surface area contributed by atoms with Gasteiger partial charge in [0, 0.05) is 17.8 Å². The topological polar surface area (TPSA) is 150 Å². The zero-order chi connectivity index (χ0) is 32.3. The van der Waals surface area contributed by atoms with Gasteiger partial charge in [-0.2, -0.15) is 0 Å². The van der Waals surface area contributed by atoms with E-state index in [2.05, 4.69) is 17.0 Å². The summed E-state index contributed by atoms with van der Waals surface area (Å²) in [6.07, 6.45) is 7.81. The van der Waals surface area contributed by atoms with Crippen molar-refractivity contribution in [3.63, 3.8) is 0 Å². The van der Waals surface area contributed by atoms with Crippen LogP contribution < -0.4 is 15.4 Å². The molecule has 2 amide bonds. The van der Waals surface area contributed by atoms with Crippen LogP contribution in [0.4, 0.5) is 10.5 Å². The van der Waals surface area contributed by atoms with Gasteiger partial charge >= 0.3 is 12.1 Å². The molecule has 0 bridgehead atoms. The van der Waals surface area contributed by atoms with Crippen LogP contribution in [-0.2, 0) is 16.1 Å². The van der Waals surface area contributed by atoms with Crippen molar-refractivity contribution in [2.24, 2.45) is 5.73 Å². The van der Waals surface area contributed by atoms with Gasteiger partial charge in [-0.05, 0) is 42.7 Å². The van der Waals surface area contributed by atoms with Crippen LogP contribution in [0.2, 0.25) is 0 Å². The van der Waals surface area contributed by atoms with Gasteiger partial charge in [0.2, 0.25) is 5.16 Å². The fourth-order valence-electron chi connectivity index (χ4n) is 4.84. The highest BCUT2D eigenvalue weighted by Gasteiger charge is 2.20. The molecule has 0 fully saturated rings.